The molecule has 3 rings (SSSR count). The first-order valence-electron chi connectivity index (χ1n) is 7.07. The van der Waals surface area contributed by atoms with E-state index in [1.807, 2.05) is 0 Å². The van der Waals surface area contributed by atoms with E-state index in [0.717, 1.165) is 36.6 Å². The first-order valence-corrected chi connectivity index (χ1v) is 7.89. The Kier molecular flexibility index (Phi) is 3.61. The van der Waals surface area contributed by atoms with Gasteiger partial charge in [-0.3, -0.25) is 4.79 Å². The van der Waals surface area contributed by atoms with Crippen LogP contribution in [0.15, 0.2) is 18.2 Å². The third-order valence-electron chi connectivity index (χ3n) is 3.93. The lowest BCUT2D eigenvalue weighted by Gasteiger charge is -2.13. The quantitative estimate of drug-likeness (QED) is 0.944. The summed E-state index contributed by atoms with van der Waals surface area (Å²) in [6, 6.07) is 6.46. The molecule has 1 aliphatic rings. The van der Waals surface area contributed by atoms with Crippen LogP contribution in [0.1, 0.15) is 18.9 Å². The first-order chi connectivity index (χ1) is 9.71. The van der Waals surface area contributed by atoms with Crippen molar-refractivity contribution in [2.75, 3.05) is 25.0 Å². The molecule has 0 radical (unpaired) electrons. The van der Waals surface area contributed by atoms with E-state index in [0.29, 0.717) is 0 Å². The zero-order valence-electron chi connectivity index (χ0n) is 11.8. The largest absolute Gasteiger partial charge is 0.359 e. The lowest BCUT2D eigenvalue weighted by Crippen LogP contribution is -2.30. The van der Waals surface area contributed by atoms with Gasteiger partial charge in [0.1, 0.15) is 0 Å². The second-order valence-electron chi connectivity index (χ2n) is 5.20. The molecule has 5 heteroatoms. The van der Waals surface area contributed by atoms with Gasteiger partial charge in [-0.25, -0.2) is 4.98 Å². The predicted octanol–water partition coefficient (Wildman–Crippen LogP) is 2.43. The number of benzene rings is 1. The molecular formula is C15H19N3OS. The zero-order chi connectivity index (χ0) is 14.1. The van der Waals surface area contributed by atoms with Gasteiger partial charge in [-0.05, 0) is 30.5 Å². The zero-order valence-corrected chi connectivity index (χ0v) is 12.7. The number of hydrogen-bond donors (Lipinski definition) is 1. The van der Waals surface area contributed by atoms with Crippen molar-refractivity contribution in [3.8, 4) is 0 Å². The Labute approximate surface area is 122 Å². The molecule has 20 heavy (non-hydrogen) atoms. The Balaban J connectivity index is 1.83. The number of thiazole rings is 1. The van der Waals surface area contributed by atoms with Crippen LogP contribution in [0.2, 0.25) is 0 Å². The van der Waals surface area contributed by atoms with E-state index >= 15 is 0 Å². The molecule has 1 unspecified atom stereocenters. The number of nitrogens with one attached hydrogen (secondary N) is 1. The summed E-state index contributed by atoms with van der Waals surface area (Å²) >= 11 is 1.73. The molecule has 1 amide bonds. The highest BCUT2D eigenvalue weighted by Gasteiger charge is 2.29. The van der Waals surface area contributed by atoms with Crippen LogP contribution >= 0.6 is 11.3 Å². The number of fused-ring (bicyclic) bond motifs is 1. The van der Waals surface area contributed by atoms with Gasteiger partial charge in [0.2, 0.25) is 5.91 Å². The van der Waals surface area contributed by atoms with Crippen LogP contribution in [0.25, 0.3) is 10.2 Å². The Hall–Kier alpha value is -1.62. The number of carbonyl (C=O) groups is 1. The van der Waals surface area contributed by atoms with Gasteiger partial charge >= 0.3 is 0 Å². The molecule has 0 saturated carbocycles. The smallest absolute Gasteiger partial charge is 0.224 e. The van der Waals surface area contributed by atoms with Crippen molar-refractivity contribution in [2.45, 2.75) is 19.8 Å². The summed E-state index contributed by atoms with van der Waals surface area (Å²) in [7, 11) is 1.70. The summed E-state index contributed by atoms with van der Waals surface area (Å²) in [4.78, 5) is 18.6. The highest BCUT2D eigenvalue weighted by molar-refractivity contribution is 7.22. The van der Waals surface area contributed by atoms with Gasteiger partial charge in [0.25, 0.3) is 0 Å². The fraction of sp³-hybridized carbons (Fsp3) is 0.467. The summed E-state index contributed by atoms with van der Waals surface area (Å²) in [5.41, 5.74) is 2.41. The minimum absolute atomic E-state index is 0.0956. The molecule has 1 aromatic carbocycles. The van der Waals surface area contributed by atoms with Crippen LogP contribution in [0.3, 0.4) is 0 Å². The summed E-state index contributed by atoms with van der Waals surface area (Å²) in [6.07, 6.45) is 1.96. The second-order valence-corrected chi connectivity index (χ2v) is 6.21. The van der Waals surface area contributed by atoms with Crippen molar-refractivity contribution < 1.29 is 4.79 Å². The third-order valence-corrected chi connectivity index (χ3v) is 5.00. The molecular weight excluding hydrogens is 270 g/mol. The molecule has 0 spiro atoms. The maximum absolute atomic E-state index is 11.7. The average Bonchev–Trinajstić information content (AvgIpc) is 3.11. The van der Waals surface area contributed by atoms with E-state index in [9.17, 15) is 4.79 Å². The molecule has 0 bridgehead atoms. The van der Waals surface area contributed by atoms with Gasteiger partial charge in [0.15, 0.2) is 5.13 Å². The van der Waals surface area contributed by atoms with Gasteiger partial charge in [-0.15, -0.1) is 0 Å². The number of hydrogen-bond acceptors (Lipinski definition) is 4. The second kappa shape index (κ2) is 5.40. The summed E-state index contributed by atoms with van der Waals surface area (Å²) in [6.45, 7) is 3.86. The highest BCUT2D eigenvalue weighted by atomic mass is 32.1. The molecule has 1 aromatic heterocycles. The molecule has 2 aromatic rings. The van der Waals surface area contributed by atoms with Gasteiger partial charge < -0.3 is 10.2 Å². The molecule has 1 atom stereocenters. The van der Waals surface area contributed by atoms with Crippen molar-refractivity contribution >= 4 is 32.6 Å². The lowest BCUT2D eigenvalue weighted by molar-refractivity contribution is -0.123. The minimum Gasteiger partial charge on any atom is -0.359 e. The summed E-state index contributed by atoms with van der Waals surface area (Å²) in [5.74, 6) is 0.236. The van der Waals surface area contributed by atoms with Crippen LogP contribution in [0.5, 0.6) is 0 Å². The van der Waals surface area contributed by atoms with Gasteiger partial charge in [0, 0.05) is 20.1 Å². The molecule has 4 nitrogen and oxygen atoms in total. The van der Waals surface area contributed by atoms with E-state index < -0.39 is 0 Å². The molecule has 1 aliphatic heterocycles. The van der Waals surface area contributed by atoms with E-state index in [1.54, 1.807) is 18.4 Å². The number of nitrogens with zero attached hydrogens (tertiary/aromatic N) is 2. The van der Waals surface area contributed by atoms with Crippen molar-refractivity contribution in [1.29, 1.82) is 0 Å². The van der Waals surface area contributed by atoms with Gasteiger partial charge in [-0.1, -0.05) is 24.3 Å². The number of aryl methyl sites for hydroxylation is 1. The summed E-state index contributed by atoms with van der Waals surface area (Å²) < 4.78 is 1.24. The SMILES string of the molecule is CCc1ccc2nc(N3CCC(C(=O)NC)C3)sc2c1. The van der Waals surface area contributed by atoms with E-state index in [2.05, 4.69) is 35.3 Å². The Morgan fingerprint density at radius 1 is 1.55 bits per heavy atom. The van der Waals surface area contributed by atoms with E-state index in [-0.39, 0.29) is 11.8 Å². The minimum atomic E-state index is 0.0956. The summed E-state index contributed by atoms with van der Waals surface area (Å²) in [5, 5.41) is 3.78. The number of rotatable bonds is 3. The topological polar surface area (TPSA) is 45.2 Å². The van der Waals surface area contributed by atoms with Crippen molar-refractivity contribution in [3.63, 3.8) is 0 Å². The third kappa shape index (κ3) is 2.38. The lowest BCUT2D eigenvalue weighted by atomic mass is 10.1. The molecule has 1 N–H and O–H groups in total. The Morgan fingerprint density at radius 3 is 3.15 bits per heavy atom. The monoisotopic (exact) mass is 289 g/mol. The highest BCUT2D eigenvalue weighted by Crippen LogP contribution is 2.32. The van der Waals surface area contributed by atoms with Gasteiger partial charge in [0.05, 0.1) is 16.1 Å². The number of amides is 1. The van der Waals surface area contributed by atoms with Crippen LogP contribution in [-0.2, 0) is 11.2 Å². The number of anilines is 1. The normalized spacial score (nSPS) is 18.7. The Morgan fingerprint density at radius 2 is 2.40 bits per heavy atom. The standard InChI is InChI=1S/C15H19N3OS/c1-3-10-4-5-12-13(8-10)20-15(17-12)18-7-6-11(9-18)14(19)16-2/h4-5,8,11H,3,6-7,9H2,1-2H3,(H,16,19). The Bertz CT molecular complexity index is 637. The first kappa shape index (κ1) is 13.4. The van der Waals surface area contributed by atoms with Crippen molar-refractivity contribution in [1.82, 2.24) is 10.3 Å². The maximum atomic E-state index is 11.7. The van der Waals surface area contributed by atoms with E-state index in [4.69, 9.17) is 4.98 Å². The average molecular weight is 289 g/mol. The van der Waals surface area contributed by atoms with Crippen molar-refractivity contribution in [2.24, 2.45) is 5.92 Å². The van der Waals surface area contributed by atoms with Crippen LogP contribution in [0, 0.1) is 5.92 Å². The number of aromatic nitrogens is 1. The molecule has 106 valence electrons. The van der Waals surface area contributed by atoms with Crippen LogP contribution in [-0.4, -0.2) is 31.0 Å². The molecule has 1 saturated heterocycles. The van der Waals surface area contributed by atoms with E-state index in [1.165, 1.54) is 10.3 Å². The molecule has 1 fully saturated rings. The predicted molar refractivity (Wildman–Crippen MR) is 83.4 cm³/mol. The fourth-order valence-electron chi connectivity index (χ4n) is 2.66. The van der Waals surface area contributed by atoms with Crippen molar-refractivity contribution in [3.05, 3.63) is 23.8 Å². The molecule has 2 heterocycles. The fourth-order valence-corrected chi connectivity index (χ4v) is 3.73. The molecule has 0 aliphatic carbocycles. The maximum Gasteiger partial charge on any atom is 0.224 e. The number of carbonyl (C=O) groups excluding carboxylic acids is 1. The van der Waals surface area contributed by atoms with Crippen LogP contribution < -0.4 is 10.2 Å². The van der Waals surface area contributed by atoms with Crippen LogP contribution in [0.4, 0.5) is 5.13 Å². The van der Waals surface area contributed by atoms with Gasteiger partial charge in [-0.2, -0.15) is 0 Å².